The third kappa shape index (κ3) is 3.92. The van der Waals surface area contributed by atoms with Gasteiger partial charge in [0.05, 0.1) is 30.9 Å². The van der Waals surface area contributed by atoms with Gasteiger partial charge in [-0.05, 0) is 50.1 Å². The third-order valence-corrected chi connectivity index (χ3v) is 5.63. The smallest absolute Gasteiger partial charge is 0.341 e. The van der Waals surface area contributed by atoms with Gasteiger partial charge in [-0.1, -0.05) is 6.07 Å². The molecule has 0 N–H and O–H groups in total. The molecule has 0 saturated carbocycles. The zero-order valence-electron chi connectivity index (χ0n) is 18.5. The topological polar surface area (TPSA) is 117 Å². The number of pyridine rings is 2. The normalized spacial score (nSPS) is 16.4. The average Bonchev–Trinajstić information content (AvgIpc) is 3.55. The van der Waals surface area contributed by atoms with Gasteiger partial charge >= 0.3 is 11.9 Å². The number of rotatable bonds is 5. The summed E-state index contributed by atoms with van der Waals surface area (Å²) < 4.78 is 19.2. The van der Waals surface area contributed by atoms with Crippen molar-refractivity contribution in [2.75, 3.05) is 13.2 Å². The minimum Gasteiger partial charge on any atom is -0.462 e. The summed E-state index contributed by atoms with van der Waals surface area (Å²) in [5.41, 5.74) is 0.396. The maximum Gasteiger partial charge on any atom is 0.341 e. The second-order valence-corrected chi connectivity index (χ2v) is 7.83. The zero-order valence-corrected chi connectivity index (χ0v) is 18.5. The van der Waals surface area contributed by atoms with Crippen LogP contribution in [-0.4, -0.2) is 45.1 Å². The molecule has 0 unspecified atom stereocenters. The highest BCUT2D eigenvalue weighted by Gasteiger charge is 2.24. The van der Waals surface area contributed by atoms with Crippen LogP contribution in [0.5, 0.6) is 0 Å². The molecule has 5 heterocycles. The van der Waals surface area contributed by atoms with E-state index in [0.29, 0.717) is 17.9 Å². The molecule has 5 rings (SSSR count). The molecule has 34 heavy (non-hydrogen) atoms. The van der Waals surface area contributed by atoms with Gasteiger partial charge in [-0.3, -0.25) is 14.0 Å². The van der Waals surface area contributed by atoms with Crippen LogP contribution in [0.15, 0.2) is 63.1 Å². The fraction of sp³-hybridized carbons (Fsp3) is 0.292. The highest BCUT2D eigenvalue weighted by molar-refractivity contribution is 5.95. The maximum atomic E-state index is 13.3. The Morgan fingerprint density at radius 1 is 1.26 bits per heavy atom. The molecule has 174 valence electrons. The molecule has 10 heteroatoms. The van der Waals surface area contributed by atoms with E-state index in [1.54, 1.807) is 42.0 Å². The molecule has 0 aromatic carbocycles. The first-order valence-electron chi connectivity index (χ1n) is 11.0. The number of carbonyl (C=O) groups excluding carboxylic acids is 2. The summed E-state index contributed by atoms with van der Waals surface area (Å²) in [5.74, 6) is -1.35. The van der Waals surface area contributed by atoms with Gasteiger partial charge in [-0.2, -0.15) is 4.99 Å². The van der Waals surface area contributed by atoms with Crippen LogP contribution in [0.2, 0.25) is 0 Å². The predicted molar refractivity (Wildman–Crippen MR) is 120 cm³/mol. The molecule has 0 radical (unpaired) electrons. The van der Waals surface area contributed by atoms with E-state index in [1.165, 1.54) is 22.8 Å². The lowest BCUT2D eigenvalue weighted by molar-refractivity contribution is 0.0521. The number of furan rings is 1. The van der Waals surface area contributed by atoms with Crippen molar-refractivity contribution in [2.45, 2.75) is 32.4 Å². The molecular formula is C24H22N4O6. The number of amides is 1. The lowest BCUT2D eigenvalue weighted by Gasteiger charge is -2.17. The highest BCUT2D eigenvalue weighted by Crippen LogP contribution is 2.17. The third-order valence-electron chi connectivity index (χ3n) is 5.63. The Bertz CT molecular complexity index is 1510. The fourth-order valence-electron chi connectivity index (χ4n) is 4.07. The van der Waals surface area contributed by atoms with Gasteiger partial charge < -0.3 is 18.5 Å². The van der Waals surface area contributed by atoms with Crippen molar-refractivity contribution in [1.82, 2.24) is 14.0 Å². The van der Waals surface area contributed by atoms with Gasteiger partial charge in [-0.15, -0.1) is 0 Å². The van der Waals surface area contributed by atoms with Crippen molar-refractivity contribution >= 4 is 28.6 Å². The molecule has 1 fully saturated rings. The van der Waals surface area contributed by atoms with Crippen molar-refractivity contribution in [3.05, 3.63) is 76.0 Å². The van der Waals surface area contributed by atoms with Gasteiger partial charge in [0.1, 0.15) is 16.9 Å². The van der Waals surface area contributed by atoms with Gasteiger partial charge in [0.25, 0.3) is 5.56 Å². The lowest BCUT2D eigenvalue weighted by Crippen LogP contribution is -2.35. The first kappa shape index (κ1) is 21.8. The summed E-state index contributed by atoms with van der Waals surface area (Å²) in [5, 5.41) is 0.203. The molecule has 1 saturated heterocycles. The Hall–Kier alpha value is -4.05. The molecule has 1 amide bonds. The maximum absolute atomic E-state index is 13.3. The zero-order chi connectivity index (χ0) is 23.7. The van der Waals surface area contributed by atoms with Crippen LogP contribution in [0, 0.1) is 0 Å². The van der Waals surface area contributed by atoms with Crippen molar-refractivity contribution in [2.24, 2.45) is 4.99 Å². The van der Waals surface area contributed by atoms with Gasteiger partial charge in [0.15, 0.2) is 11.2 Å². The Labute approximate surface area is 193 Å². The SMILES string of the molecule is CCOC(=O)c1cc2c(=O)n3ccccc3nc2n(C[C@@H]2CCCO2)c1=NC(=O)c1ccco1. The number of carbonyl (C=O) groups is 2. The summed E-state index contributed by atoms with van der Waals surface area (Å²) >= 11 is 0. The standard InChI is InChI=1S/C24H22N4O6/c1-2-32-24(31)17-13-16-20(25-19-9-3-4-10-27(19)23(16)30)28(14-15-7-5-11-33-15)21(17)26-22(29)18-8-6-12-34-18/h3-4,6,8-10,12-13,15H,2,5,7,11,14H2,1H3/t15-/m0/s1. The summed E-state index contributed by atoms with van der Waals surface area (Å²) in [6, 6.07) is 9.66. The minimum atomic E-state index is -0.700. The van der Waals surface area contributed by atoms with Crippen LogP contribution >= 0.6 is 0 Å². The van der Waals surface area contributed by atoms with Crippen molar-refractivity contribution in [3.63, 3.8) is 0 Å². The number of hydrogen-bond donors (Lipinski definition) is 0. The van der Waals surface area contributed by atoms with E-state index in [4.69, 9.17) is 13.9 Å². The number of fused-ring (bicyclic) bond motifs is 2. The second kappa shape index (κ2) is 9.06. The van der Waals surface area contributed by atoms with E-state index in [1.807, 2.05) is 0 Å². The molecule has 1 aliphatic rings. The quantitative estimate of drug-likeness (QED) is 0.330. The lowest BCUT2D eigenvalue weighted by atomic mass is 10.2. The Kier molecular flexibility index (Phi) is 5.81. The average molecular weight is 462 g/mol. The van der Waals surface area contributed by atoms with E-state index in [-0.39, 0.29) is 47.0 Å². The Morgan fingerprint density at radius 3 is 2.88 bits per heavy atom. The fourth-order valence-corrected chi connectivity index (χ4v) is 4.07. The van der Waals surface area contributed by atoms with Gasteiger partial charge in [0, 0.05) is 12.8 Å². The van der Waals surface area contributed by atoms with E-state index < -0.39 is 11.9 Å². The molecule has 0 aliphatic carbocycles. The molecule has 1 atom stereocenters. The summed E-state index contributed by atoms with van der Waals surface area (Å²) in [6.45, 7) is 2.65. The summed E-state index contributed by atoms with van der Waals surface area (Å²) in [7, 11) is 0. The van der Waals surface area contributed by atoms with E-state index in [9.17, 15) is 14.4 Å². The van der Waals surface area contributed by atoms with Crippen LogP contribution in [0.3, 0.4) is 0 Å². The Morgan fingerprint density at radius 2 is 2.15 bits per heavy atom. The van der Waals surface area contributed by atoms with Gasteiger partial charge in [0.2, 0.25) is 0 Å². The van der Waals surface area contributed by atoms with Crippen LogP contribution in [0.25, 0.3) is 16.7 Å². The van der Waals surface area contributed by atoms with Crippen molar-refractivity contribution < 1.29 is 23.5 Å². The molecular weight excluding hydrogens is 440 g/mol. The number of nitrogens with zero attached hydrogens (tertiary/aromatic N) is 4. The molecule has 4 aromatic rings. The molecule has 10 nitrogen and oxygen atoms in total. The molecule has 1 aliphatic heterocycles. The number of ether oxygens (including phenoxy) is 2. The summed E-state index contributed by atoms with van der Waals surface area (Å²) in [4.78, 5) is 48.1. The first-order valence-corrected chi connectivity index (χ1v) is 11.0. The van der Waals surface area contributed by atoms with Crippen LogP contribution < -0.4 is 11.0 Å². The Balaban J connectivity index is 1.87. The summed E-state index contributed by atoms with van der Waals surface area (Å²) in [6.07, 6.45) is 4.46. The highest BCUT2D eigenvalue weighted by atomic mass is 16.5. The number of esters is 1. The van der Waals surface area contributed by atoms with E-state index in [0.717, 1.165) is 12.8 Å². The number of hydrogen-bond acceptors (Lipinski definition) is 7. The largest absolute Gasteiger partial charge is 0.462 e. The van der Waals surface area contributed by atoms with Crippen molar-refractivity contribution in [1.29, 1.82) is 0 Å². The van der Waals surface area contributed by atoms with Crippen LogP contribution in [0.4, 0.5) is 0 Å². The van der Waals surface area contributed by atoms with E-state index >= 15 is 0 Å². The monoisotopic (exact) mass is 462 g/mol. The molecule has 0 spiro atoms. The second-order valence-electron chi connectivity index (χ2n) is 7.83. The minimum absolute atomic E-state index is 0.0120. The van der Waals surface area contributed by atoms with Crippen LogP contribution in [0.1, 0.15) is 40.7 Å². The number of aromatic nitrogens is 3. The molecule has 4 aromatic heterocycles. The van der Waals surface area contributed by atoms with Crippen LogP contribution in [-0.2, 0) is 16.0 Å². The van der Waals surface area contributed by atoms with Crippen molar-refractivity contribution in [3.8, 4) is 0 Å². The predicted octanol–water partition coefficient (Wildman–Crippen LogP) is 2.34. The van der Waals surface area contributed by atoms with Gasteiger partial charge in [-0.25, -0.2) is 9.78 Å². The molecule has 0 bridgehead atoms. The first-order chi connectivity index (χ1) is 16.6. The van der Waals surface area contributed by atoms with E-state index in [2.05, 4.69) is 9.98 Å².